The Morgan fingerprint density at radius 2 is 2.18 bits per heavy atom. The average molecular weight is 242 g/mol. The number of rotatable bonds is 5. The minimum Gasteiger partial charge on any atom is -0.386 e. The molecule has 1 unspecified atom stereocenters. The number of piperidine rings is 1. The molecule has 0 aliphatic carbocycles. The fourth-order valence-corrected chi connectivity index (χ4v) is 2.75. The van der Waals surface area contributed by atoms with Crippen LogP contribution in [0.5, 0.6) is 0 Å². The molecule has 2 saturated heterocycles. The van der Waals surface area contributed by atoms with Crippen molar-refractivity contribution in [2.45, 2.75) is 44.2 Å². The molecule has 4 nitrogen and oxygen atoms in total. The van der Waals surface area contributed by atoms with Crippen molar-refractivity contribution < 1.29 is 9.84 Å². The smallest absolute Gasteiger partial charge is 0.102 e. The highest BCUT2D eigenvalue weighted by atomic mass is 16.5. The molecule has 0 spiro atoms. The van der Waals surface area contributed by atoms with Crippen LogP contribution in [0.1, 0.15) is 32.6 Å². The zero-order valence-electron chi connectivity index (χ0n) is 11.0. The lowest BCUT2D eigenvalue weighted by molar-refractivity contribution is 0.0226. The van der Waals surface area contributed by atoms with Gasteiger partial charge in [-0.3, -0.25) is 0 Å². The summed E-state index contributed by atoms with van der Waals surface area (Å²) in [6.07, 6.45) is 4.43. The van der Waals surface area contributed by atoms with Gasteiger partial charge in [-0.2, -0.15) is 0 Å². The minimum atomic E-state index is -0.611. The van der Waals surface area contributed by atoms with Gasteiger partial charge in [0.1, 0.15) is 5.60 Å². The number of aliphatic hydroxyl groups is 1. The lowest BCUT2D eigenvalue weighted by Gasteiger charge is -2.33. The maximum Gasteiger partial charge on any atom is 0.102 e. The first-order chi connectivity index (χ1) is 8.22. The molecular weight excluding hydrogens is 216 g/mol. The van der Waals surface area contributed by atoms with E-state index in [1.54, 1.807) is 0 Å². The molecule has 0 bridgehead atoms. The number of ether oxygens (including phenoxy) is 1. The summed E-state index contributed by atoms with van der Waals surface area (Å²) in [6, 6.07) is 0.577. The van der Waals surface area contributed by atoms with Crippen molar-refractivity contribution in [3.05, 3.63) is 0 Å². The van der Waals surface area contributed by atoms with Crippen LogP contribution < -0.4 is 5.32 Å². The lowest BCUT2D eigenvalue weighted by atomic mass is 10.0. The highest BCUT2D eigenvalue weighted by Gasteiger charge is 2.32. The van der Waals surface area contributed by atoms with Crippen LogP contribution in [-0.4, -0.2) is 61.0 Å². The molecule has 0 saturated carbocycles. The first kappa shape index (κ1) is 13.3. The summed E-state index contributed by atoms with van der Waals surface area (Å²) in [5.41, 5.74) is -0.611. The third kappa shape index (κ3) is 3.91. The Morgan fingerprint density at radius 1 is 1.41 bits per heavy atom. The van der Waals surface area contributed by atoms with Crippen molar-refractivity contribution >= 4 is 0 Å². The minimum absolute atomic E-state index is 0.495. The summed E-state index contributed by atoms with van der Waals surface area (Å²) >= 11 is 0. The number of likely N-dealkylation sites (tertiary alicyclic amines) is 1. The van der Waals surface area contributed by atoms with Gasteiger partial charge < -0.3 is 20.1 Å². The molecule has 100 valence electrons. The van der Waals surface area contributed by atoms with Crippen LogP contribution in [0.2, 0.25) is 0 Å². The van der Waals surface area contributed by atoms with Crippen LogP contribution in [0.15, 0.2) is 0 Å². The third-order valence-corrected chi connectivity index (χ3v) is 3.93. The van der Waals surface area contributed by atoms with Crippen LogP contribution in [0.4, 0.5) is 0 Å². The van der Waals surface area contributed by atoms with Crippen molar-refractivity contribution in [3.8, 4) is 0 Å². The molecule has 0 amide bonds. The maximum absolute atomic E-state index is 10.2. The van der Waals surface area contributed by atoms with Gasteiger partial charge in [0.05, 0.1) is 6.61 Å². The van der Waals surface area contributed by atoms with Crippen LogP contribution in [0, 0.1) is 0 Å². The molecule has 2 N–H and O–H groups in total. The van der Waals surface area contributed by atoms with Crippen molar-refractivity contribution in [2.24, 2.45) is 0 Å². The molecule has 2 rings (SSSR count). The molecule has 0 aromatic heterocycles. The zero-order chi connectivity index (χ0) is 12.1. The van der Waals surface area contributed by atoms with E-state index in [2.05, 4.69) is 17.1 Å². The maximum atomic E-state index is 10.2. The number of hydrogen-bond acceptors (Lipinski definition) is 4. The molecule has 2 fully saturated rings. The van der Waals surface area contributed by atoms with E-state index in [4.69, 9.17) is 4.74 Å². The Balaban J connectivity index is 1.64. The van der Waals surface area contributed by atoms with Gasteiger partial charge >= 0.3 is 0 Å². The van der Waals surface area contributed by atoms with Gasteiger partial charge in [-0.15, -0.1) is 0 Å². The topological polar surface area (TPSA) is 44.7 Å². The Hall–Kier alpha value is -0.160. The molecular formula is C13H26N2O2. The highest BCUT2D eigenvalue weighted by molar-refractivity contribution is 4.87. The molecule has 0 radical (unpaired) electrons. The number of hydrogen-bond donors (Lipinski definition) is 2. The van der Waals surface area contributed by atoms with Crippen molar-refractivity contribution in [2.75, 3.05) is 39.4 Å². The monoisotopic (exact) mass is 242 g/mol. The van der Waals surface area contributed by atoms with E-state index in [0.717, 1.165) is 6.42 Å². The Kier molecular flexibility index (Phi) is 4.79. The second-order valence-electron chi connectivity index (χ2n) is 5.52. The first-order valence-electron chi connectivity index (χ1n) is 6.98. The van der Waals surface area contributed by atoms with Crippen molar-refractivity contribution in [1.29, 1.82) is 0 Å². The third-order valence-electron chi connectivity index (χ3n) is 3.93. The van der Waals surface area contributed by atoms with E-state index in [0.29, 0.717) is 25.8 Å². The fourth-order valence-electron chi connectivity index (χ4n) is 2.75. The summed E-state index contributed by atoms with van der Waals surface area (Å²) in [5.74, 6) is 0. The molecule has 2 aliphatic rings. The van der Waals surface area contributed by atoms with E-state index in [1.807, 2.05) is 0 Å². The zero-order valence-corrected chi connectivity index (χ0v) is 11.0. The quantitative estimate of drug-likeness (QED) is 0.741. The van der Waals surface area contributed by atoms with Crippen LogP contribution in [-0.2, 0) is 4.74 Å². The number of nitrogens with zero attached hydrogens (tertiary/aromatic N) is 1. The van der Waals surface area contributed by atoms with Crippen LogP contribution in [0.25, 0.3) is 0 Å². The van der Waals surface area contributed by atoms with Gasteiger partial charge in [0.15, 0.2) is 0 Å². The van der Waals surface area contributed by atoms with Crippen molar-refractivity contribution in [3.63, 3.8) is 0 Å². The second kappa shape index (κ2) is 6.14. The first-order valence-corrected chi connectivity index (χ1v) is 6.98. The summed E-state index contributed by atoms with van der Waals surface area (Å²) in [7, 11) is 0. The van der Waals surface area contributed by atoms with Gasteiger partial charge in [-0.05, 0) is 38.9 Å². The Morgan fingerprint density at radius 3 is 2.76 bits per heavy atom. The van der Waals surface area contributed by atoms with Gasteiger partial charge in [0, 0.05) is 25.6 Å². The Bertz CT molecular complexity index is 221. The van der Waals surface area contributed by atoms with Gasteiger partial charge in [0.25, 0.3) is 0 Å². The normalized spacial score (nSPS) is 32.1. The average Bonchev–Trinajstić information content (AvgIpc) is 2.76. The predicted molar refractivity (Wildman–Crippen MR) is 68.1 cm³/mol. The SMILES string of the molecule is CCCN1CCC(NCC2(O)CCOC2)CC1. The van der Waals surface area contributed by atoms with Gasteiger partial charge in [0.2, 0.25) is 0 Å². The van der Waals surface area contributed by atoms with E-state index in [1.165, 1.54) is 38.9 Å². The predicted octanol–water partition coefficient (Wildman–Crippen LogP) is 0.602. The molecule has 2 heterocycles. The van der Waals surface area contributed by atoms with Gasteiger partial charge in [-0.25, -0.2) is 0 Å². The molecule has 0 aromatic rings. The van der Waals surface area contributed by atoms with E-state index in [9.17, 15) is 5.11 Å². The van der Waals surface area contributed by atoms with E-state index in [-0.39, 0.29) is 0 Å². The molecule has 0 aromatic carbocycles. The number of nitrogens with one attached hydrogen (secondary N) is 1. The summed E-state index contributed by atoms with van der Waals surface area (Å²) in [4.78, 5) is 2.53. The summed E-state index contributed by atoms with van der Waals surface area (Å²) < 4.78 is 5.25. The largest absolute Gasteiger partial charge is 0.386 e. The molecule has 4 heteroatoms. The molecule has 17 heavy (non-hydrogen) atoms. The lowest BCUT2D eigenvalue weighted by Crippen LogP contribution is -2.49. The van der Waals surface area contributed by atoms with Crippen LogP contribution in [0.3, 0.4) is 0 Å². The summed E-state index contributed by atoms with van der Waals surface area (Å²) in [5, 5.41) is 13.7. The summed E-state index contributed by atoms with van der Waals surface area (Å²) in [6.45, 7) is 7.73. The van der Waals surface area contributed by atoms with E-state index < -0.39 is 5.60 Å². The van der Waals surface area contributed by atoms with Gasteiger partial charge in [-0.1, -0.05) is 6.92 Å². The van der Waals surface area contributed by atoms with E-state index >= 15 is 0 Å². The van der Waals surface area contributed by atoms with Crippen LogP contribution >= 0.6 is 0 Å². The molecule has 1 atom stereocenters. The fraction of sp³-hybridized carbons (Fsp3) is 1.00. The Labute approximate surface area is 104 Å². The molecule has 2 aliphatic heterocycles. The van der Waals surface area contributed by atoms with Crippen molar-refractivity contribution in [1.82, 2.24) is 10.2 Å². The standard InChI is InChI=1S/C13H26N2O2/c1-2-6-15-7-3-12(4-8-15)14-10-13(16)5-9-17-11-13/h12,14,16H,2-11H2,1H3. The highest BCUT2D eigenvalue weighted by Crippen LogP contribution is 2.18. The second-order valence-corrected chi connectivity index (χ2v) is 5.52.